The van der Waals surface area contributed by atoms with E-state index in [4.69, 9.17) is 0 Å². The Morgan fingerprint density at radius 3 is 1.07 bits per heavy atom. The second-order valence-electron chi connectivity index (χ2n) is 4.99. The Morgan fingerprint density at radius 1 is 0.714 bits per heavy atom. The van der Waals surface area contributed by atoms with Gasteiger partial charge in [0.25, 0.3) is 0 Å². The van der Waals surface area contributed by atoms with Crippen LogP contribution in [0.2, 0.25) is 0 Å². The van der Waals surface area contributed by atoms with Crippen LogP contribution in [0, 0.1) is 0 Å². The lowest BCUT2D eigenvalue weighted by molar-refractivity contribution is 0.766. The van der Waals surface area contributed by atoms with Gasteiger partial charge in [-0.2, -0.15) is 0 Å². The maximum absolute atomic E-state index is 2.61. The summed E-state index contributed by atoms with van der Waals surface area (Å²) in [6.07, 6.45) is 4.08. The first-order chi connectivity index (χ1) is 6.44. The van der Waals surface area contributed by atoms with Gasteiger partial charge in [0.1, 0.15) is 0 Å². The molecule has 0 spiro atoms. The van der Waals surface area contributed by atoms with Crippen molar-refractivity contribution in [3.8, 4) is 0 Å². The summed E-state index contributed by atoms with van der Waals surface area (Å²) in [5.41, 5.74) is 2.85. The van der Waals surface area contributed by atoms with Gasteiger partial charge >= 0.3 is 0 Å². The monoisotopic (exact) mass is 217 g/mol. The third-order valence-electron chi connectivity index (χ3n) is 4.62. The molecule has 86 valence electrons. The van der Waals surface area contributed by atoms with Gasteiger partial charge in [0.15, 0.2) is 0 Å². The van der Waals surface area contributed by atoms with Crippen LogP contribution in [0.1, 0.15) is 60.8 Å². The van der Waals surface area contributed by atoms with E-state index in [1.807, 2.05) is 0 Å². The van der Waals surface area contributed by atoms with E-state index in [9.17, 15) is 0 Å². The van der Waals surface area contributed by atoms with Gasteiger partial charge in [-0.05, 0) is 40.0 Å². The molecule has 0 heterocycles. The highest BCUT2D eigenvalue weighted by molar-refractivity contribution is 7.77. The van der Waals surface area contributed by atoms with E-state index in [0.717, 1.165) is 17.0 Å². The van der Waals surface area contributed by atoms with Crippen molar-refractivity contribution in [1.29, 1.82) is 0 Å². The lowest BCUT2D eigenvalue weighted by atomic mass is 10.3. The molecule has 0 aliphatic carbocycles. The molecular formula is C13H30P+. The minimum Gasteiger partial charge on any atom is -0.0617 e. The Balaban J connectivity index is 4.83. The predicted octanol–water partition coefficient (Wildman–Crippen LogP) is 5.03. The van der Waals surface area contributed by atoms with E-state index in [1.165, 1.54) is 19.3 Å². The fraction of sp³-hybridized carbons (Fsp3) is 1.00. The van der Waals surface area contributed by atoms with Crippen LogP contribution in [0.3, 0.4) is 0 Å². The van der Waals surface area contributed by atoms with Gasteiger partial charge in [0.05, 0.1) is 17.0 Å². The lowest BCUT2D eigenvalue weighted by Gasteiger charge is -2.38. The number of rotatable bonds is 6. The molecule has 0 aliphatic rings. The van der Waals surface area contributed by atoms with Crippen LogP contribution < -0.4 is 0 Å². The van der Waals surface area contributed by atoms with E-state index in [2.05, 4.69) is 48.2 Å². The molecule has 0 aromatic heterocycles. The molecule has 0 rings (SSSR count). The van der Waals surface area contributed by atoms with E-state index in [0.29, 0.717) is 0 Å². The first-order valence-electron chi connectivity index (χ1n) is 6.30. The summed E-state index contributed by atoms with van der Waals surface area (Å²) < 4.78 is 0. The zero-order valence-corrected chi connectivity index (χ0v) is 12.2. The van der Waals surface area contributed by atoms with Crippen molar-refractivity contribution in [3.63, 3.8) is 0 Å². The van der Waals surface area contributed by atoms with Crippen molar-refractivity contribution in [1.82, 2.24) is 0 Å². The summed E-state index contributed by atoms with van der Waals surface area (Å²) in [4.78, 5) is 0. The molecule has 0 saturated heterocycles. The quantitative estimate of drug-likeness (QED) is 0.547. The molecule has 0 fully saturated rings. The summed E-state index contributed by atoms with van der Waals surface area (Å²) >= 11 is 0. The second-order valence-corrected chi connectivity index (χ2v) is 10.1. The number of hydrogen-bond donors (Lipinski definition) is 0. The van der Waals surface area contributed by atoms with Crippen LogP contribution in [0.15, 0.2) is 0 Å². The molecule has 3 unspecified atom stereocenters. The molecule has 0 aliphatic heterocycles. The van der Waals surface area contributed by atoms with Crippen molar-refractivity contribution < 1.29 is 0 Å². The average Bonchev–Trinajstić information content (AvgIpc) is 2.24. The molecule has 0 aromatic carbocycles. The summed E-state index contributed by atoms with van der Waals surface area (Å²) in [6, 6.07) is 0. The first-order valence-corrected chi connectivity index (χ1v) is 8.74. The molecule has 3 atom stereocenters. The summed E-state index contributed by atoms with van der Waals surface area (Å²) in [5.74, 6) is 0. The van der Waals surface area contributed by atoms with Crippen molar-refractivity contribution in [3.05, 3.63) is 0 Å². The summed E-state index contributed by atoms with van der Waals surface area (Å²) in [6.45, 7) is 17.1. The molecule has 0 saturated carbocycles. The van der Waals surface area contributed by atoms with E-state index in [-0.39, 0.29) is 0 Å². The minimum atomic E-state index is -0.742. The number of hydrogen-bond acceptors (Lipinski definition) is 0. The Hall–Kier alpha value is 0.430. The van der Waals surface area contributed by atoms with Gasteiger partial charge in [-0.3, -0.25) is 0 Å². The maximum atomic E-state index is 2.61. The van der Waals surface area contributed by atoms with Gasteiger partial charge in [-0.1, -0.05) is 20.8 Å². The molecule has 0 radical (unpaired) electrons. The van der Waals surface area contributed by atoms with Crippen LogP contribution >= 0.6 is 7.26 Å². The molecule has 0 aromatic rings. The fourth-order valence-corrected chi connectivity index (χ4v) is 7.45. The van der Waals surface area contributed by atoms with Gasteiger partial charge in [0, 0.05) is 13.9 Å². The predicted molar refractivity (Wildman–Crippen MR) is 72.1 cm³/mol. The summed E-state index contributed by atoms with van der Waals surface area (Å²) in [7, 11) is -0.742. The average molecular weight is 217 g/mol. The Labute approximate surface area is 92.2 Å². The Morgan fingerprint density at radius 2 is 0.929 bits per heavy atom. The molecule has 14 heavy (non-hydrogen) atoms. The third kappa shape index (κ3) is 2.72. The highest BCUT2D eigenvalue weighted by Gasteiger charge is 2.45. The lowest BCUT2D eigenvalue weighted by Crippen LogP contribution is -2.26. The molecule has 0 N–H and O–H groups in total. The minimum absolute atomic E-state index is 0.742. The molecule has 0 bridgehead atoms. The fourth-order valence-electron chi connectivity index (χ4n) is 2.48. The maximum Gasteiger partial charge on any atom is 0.0669 e. The highest BCUT2D eigenvalue weighted by Crippen LogP contribution is 2.69. The zero-order chi connectivity index (χ0) is 11.4. The van der Waals surface area contributed by atoms with E-state index in [1.54, 1.807) is 0 Å². The normalized spacial score (nSPS) is 22.5. The summed E-state index contributed by atoms with van der Waals surface area (Å²) in [5, 5.41) is 0. The van der Waals surface area contributed by atoms with Crippen LogP contribution in [0.5, 0.6) is 0 Å². The molecule has 0 amide bonds. The zero-order valence-electron chi connectivity index (χ0n) is 11.3. The van der Waals surface area contributed by atoms with Gasteiger partial charge in [0.2, 0.25) is 0 Å². The van der Waals surface area contributed by atoms with E-state index < -0.39 is 7.26 Å². The van der Waals surface area contributed by atoms with Crippen LogP contribution in [0.25, 0.3) is 0 Å². The van der Waals surface area contributed by atoms with Crippen molar-refractivity contribution in [2.24, 2.45) is 0 Å². The Kier molecular flexibility index (Phi) is 6.30. The van der Waals surface area contributed by atoms with Crippen molar-refractivity contribution in [2.45, 2.75) is 77.8 Å². The van der Waals surface area contributed by atoms with Gasteiger partial charge in [-0.25, -0.2) is 0 Å². The van der Waals surface area contributed by atoms with Crippen molar-refractivity contribution >= 4 is 7.26 Å². The highest BCUT2D eigenvalue weighted by atomic mass is 31.2. The van der Waals surface area contributed by atoms with Gasteiger partial charge in [-0.15, -0.1) is 0 Å². The smallest absolute Gasteiger partial charge is 0.0617 e. The van der Waals surface area contributed by atoms with Crippen LogP contribution in [-0.4, -0.2) is 23.6 Å². The van der Waals surface area contributed by atoms with Crippen LogP contribution in [-0.2, 0) is 0 Å². The topological polar surface area (TPSA) is 0 Å². The standard InChI is InChI=1S/C13H30P/c1-8-11(4)14(7,12(5)9-2)13(6)10-3/h11-13H,8-10H2,1-7H3/q+1. The SMILES string of the molecule is CCC(C)[P+](C)(C(C)CC)C(C)CC. The first kappa shape index (κ1) is 14.4. The third-order valence-corrected chi connectivity index (χ3v) is 11.4. The van der Waals surface area contributed by atoms with Crippen LogP contribution in [0.4, 0.5) is 0 Å². The van der Waals surface area contributed by atoms with Crippen molar-refractivity contribution in [2.75, 3.05) is 6.66 Å². The molecule has 0 nitrogen and oxygen atoms in total. The van der Waals surface area contributed by atoms with E-state index >= 15 is 0 Å². The molecule has 1 heteroatoms. The molecular weight excluding hydrogens is 187 g/mol. The Bertz CT molecular complexity index is 127. The largest absolute Gasteiger partial charge is 0.0669 e. The second kappa shape index (κ2) is 6.11. The van der Waals surface area contributed by atoms with Gasteiger partial charge < -0.3 is 0 Å².